The minimum atomic E-state index is -3.33. The number of nitrogens with one attached hydrogen (secondary N) is 1. The van der Waals surface area contributed by atoms with Gasteiger partial charge in [-0.3, -0.25) is 0 Å². The Morgan fingerprint density at radius 2 is 2.21 bits per heavy atom. The maximum atomic E-state index is 12.4. The average molecular weight is 279 g/mol. The molecule has 0 bridgehead atoms. The summed E-state index contributed by atoms with van der Waals surface area (Å²) in [5, 5.41) is 11.9. The fourth-order valence-corrected chi connectivity index (χ4v) is 3.95. The van der Waals surface area contributed by atoms with Gasteiger partial charge in [0, 0.05) is 25.7 Å². The van der Waals surface area contributed by atoms with Crippen LogP contribution in [0.4, 0.5) is 0 Å². The Balaban J connectivity index is 2.17. The summed E-state index contributed by atoms with van der Waals surface area (Å²) < 4.78 is 26.3. The molecule has 102 valence electrons. The lowest BCUT2D eigenvalue weighted by molar-refractivity contribution is 0.249. The molecule has 19 heavy (non-hydrogen) atoms. The van der Waals surface area contributed by atoms with Crippen LogP contribution in [0.5, 0.6) is 0 Å². The predicted molar refractivity (Wildman–Crippen MR) is 72.8 cm³/mol. The zero-order chi connectivity index (χ0) is 13.9. The second kappa shape index (κ2) is 5.70. The Bertz CT molecular complexity index is 588. The molecule has 1 aliphatic rings. The summed E-state index contributed by atoms with van der Waals surface area (Å²) in [6.07, 6.45) is 0. The number of nitriles is 1. The molecule has 5 nitrogen and oxygen atoms in total. The van der Waals surface area contributed by atoms with Crippen molar-refractivity contribution in [1.82, 2.24) is 9.62 Å². The number of hydrogen-bond acceptors (Lipinski definition) is 4. The van der Waals surface area contributed by atoms with Crippen molar-refractivity contribution < 1.29 is 8.42 Å². The Hall–Kier alpha value is -1.42. The smallest absolute Gasteiger partial charge is 0.218 e. The molecule has 0 radical (unpaired) electrons. The van der Waals surface area contributed by atoms with Crippen LogP contribution >= 0.6 is 0 Å². The number of benzene rings is 1. The van der Waals surface area contributed by atoms with E-state index in [1.807, 2.05) is 13.0 Å². The van der Waals surface area contributed by atoms with Crippen LogP contribution in [-0.4, -0.2) is 38.4 Å². The van der Waals surface area contributed by atoms with Gasteiger partial charge in [-0.05, 0) is 17.7 Å². The van der Waals surface area contributed by atoms with Crippen molar-refractivity contribution in [2.45, 2.75) is 18.7 Å². The number of likely N-dealkylation sites (N-methyl/N-ethyl adjacent to an activating group) is 1. The first-order valence-electron chi connectivity index (χ1n) is 6.26. The monoisotopic (exact) mass is 279 g/mol. The average Bonchev–Trinajstić information content (AvgIpc) is 2.32. The molecule has 1 aliphatic heterocycles. The van der Waals surface area contributed by atoms with E-state index < -0.39 is 10.0 Å². The van der Waals surface area contributed by atoms with Gasteiger partial charge in [0.15, 0.2) is 0 Å². The van der Waals surface area contributed by atoms with Gasteiger partial charge in [-0.25, -0.2) is 8.42 Å². The van der Waals surface area contributed by atoms with Crippen molar-refractivity contribution in [2.24, 2.45) is 0 Å². The summed E-state index contributed by atoms with van der Waals surface area (Å²) in [6, 6.07) is 8.84. The van der Waals surface area contributed by atoms with E-state index in [1.165, 1.54) is 0 Å². The van der Waals surface area contributed by atoms with Gasteiger partial charge in [-0.1, -0.05) is 19.1 Å². The summed E-state index contributed by atoms with van der Waals surface area (Å²) in [5.41, 5.74) is 1.14. The molecule has 1 N–H and O–H groups in total. The molecule has 1 saturated heterocycles. The minimum absolute atomic E-state index is 0.0488. The zero-order valence-electron chi connectivity index (χ0n) is 10.8. The van der Waals surface area contributed by atoms with E-state index >= 15 is 0 Å². The summed E-state index contributed by atoms with van der Waals surface area (Å²) in [4.78, 5) is 0. The number of nitrogens with zero attached hydrogens (tertiary/aromatic N) is 2. The zero-order valence-corrected chi connectivity index (χ0v) is 11.7. The van der Waals surface area contributed by atoms with Crippen molar-refractivity contribution in [3.05, 3.63) is 35.4 Å². The van der Waals surface area contributed by atoms with Crippen LogP contribution in [-0.2, 0) is 15.8 Å². The quantitative estimate of drug-likeness (QED) is 0.860. The van der Waals surface area contributed by atoms with Gasteiger partial charge in [0.1, 0.15) is 0 Å². The van der Waals surface area contributed by atoms with Gasteiger partial charge in [-0.15, -0.1) is 0 Å². The molecule has 1 fully saturated rings. The molecule has 0 spiro atoms. The van der Waals surface area contributed by atoms with E-state index in [1.54, 1.807) is 28.6 Å². The Morgan fingerprint density at radius 3 is 2.74 bits per heavy atom. The van der Waals surface area contributed by atoms with Gasteiger partial charge in [0.2, 0.25) is 10.0 Å². The van der Waals surface area contributed by atoms with E-state index in [0.717, 1.165) is 0 Å². The van der Waals surface area contributed by atoms with Crippen LogP contribution in [0.3, 0.4) is 0 Å². The highest BCUT2D eigenvalue weighted by Gasteiger charge is 2.32. The van der Waals surface area contributed by atoms with Crippen LogP contribution in [0.25, 0.3) is 0 Å². The third-order valence-electron chi connectivity index (χ3n) is 3.24. The van der Waals surface area contributed by atoms with Crippen LogP contribution < -0.4 is 5.32 Å². The van der Waals surface area contributed by atoms with E-state index in [-0.39, 0.29) is 11.8 Å². The maximum absolute atomic E-state index is 12.4. The SMILES string of the molecule is CCN(C1CNC1)S(=O)(=O)Cc1cccc(C#N)c1. The van der Waals surface area contributed by atoms with Crippen molar-refractivity contribution in [2.75, 3.05) is 19.6 Å². The normalized spacial score (nSPS) is 16.1. The van der Waals surface area contributed by atoms with Crippen molar-refractivity contribution in [1.29, 1.82) is 5.26 Å². The summed E-state index contributed by atoms with van der Waals surface area (Å²) >= 11 is 0. The van der Waals surface area contributed by atoms with E-state index in [2.05, 4.69) is 5.32 Å². The lowest BCUT2D eigenvalue weighted by atomic mass is 10.2. The van der Waals surface area contributed by atoms with E-state index in [4.69, 9.17) is 5.26 Å². The first-order chi connectivity index (χ1) is 9.06. The fourth-order valence-electron chi connectivity index (χ4n) is 2.18. The first kappa shape index (κ1) is 14.0. The van der Waals surface area contributed by atoms with Gasteiger partial charge >= 0.3 is 0 Å². The van der Waals surface area contributed by atoms with Gasteiger partial charge in [-0.2, -0.15) is 9.57 Å². The molecule has 6 heteroatoms. The van der Waals surface area contributed by atoms with Crippen LogP contribution in [0, 0.1) is 11.3 Å². The van der Waals surface area contributed by atoms with Crippen molar-refractivity contribution in [3.63, 3.8) is 0 Å². The molecule has 0 aromatic heterocycles. The molecule has 0 saturated carbocycles. The van der Waals surface area contributed by atoms with Gasteiger partial charge < -0.3 is 5.32 Å². The van der Waals surface area contributed by atoms with Crippen LogP contribution in [0.1, 0.15) is 18.1 Å². The lowest BCUT2D eigenvalue weighted by Gasteiger charge is -2.36. The molecular formula is C13H17N3O2S. The Kier molecular flexibility index (Phi) is 4.20. The van der Waals surface area contributed by atoms with Crippen molar-refractivity contribution in [3.8, 4) is 6.07 Å². The van der Waals surface area contributed by atoms with Gasteiger partial charge in [0.05, 0.1) is 17.4 Å². The molecule has 0 amide bonds. The molecule has 1 heterocycles. The number of sulfonamides is 1. The molecule has 2 rings (SSSR count). The van der Waals surface area contributed by atoms with Crippen LogP contribution in [0.2, 0.25) is 0 Å². The van der Waals surface area contributed by atoms with Crippen LogP contribution in [0.15, 0.2) is 24.3 Å². The fraction of sp³-hybridized carbons (Fsp3) is 0.462. The number of hydrogen-bond donors (Lipinski definition) is 1. The maximum Gasteiger partial charge on any atom is 0.218 e. The Morgan fingerprint density at radius 1 is 1.47 bits per heavy atom. The van der Waals surface area contributed by atoms with Crippen molar-refractivity contribution >= 4 is 10.0 Å². The molecule has 0 unspecified atom stereocenters. The highest BCUT2D eigenvalue weighted by atomic mass is 32.2. The third-order valence-corrected chi connectivity index (χ3v) is 5.21. The third kappa shape index (κ3) is 3.13. The molecule has 0 aliphatic carbocycles. The Labute approximate surface area is 113 Å². The standard InChI is InChI=1S/C13H17N3O2S/c1-2-16(13-8-15-9-13)19(17,18)10-12-5-3-4-11(6-12)7-14/h3-6,13,15H,2,8-10H2,1H3. The molecular weight excluding hydrogens is 262 g/mol. The lowest BCUT2D eigenvalue weighted by Crippen LogP contribution is -2.58. The highest BCUT2D eigenvalue weighted by molar-refractivity contribution is 7.88. The molecule has 1 aromatic rings. The van der Waals surface area contributed by atoms with E-state index in [0.29, 0.717) is 30.8 Å². The van der Waals surface area contributed by atoms with E-state index in [9.17, 15) is 8.42 Å². The summed E-state index contributed by atoms with van der Waals surface area (Å²) in [7, 11) is -3.33. The predicted octanol–water partition coefficient (Wildman–Crippen LogP) is 0.682. The first-order valence-corrected chi connectivity index (χ1v) is 7.87. The second-order valence-electron chi connectivity index (χ2n) is 4.58. The molecule has 0 atom stereocenters. The topological polar surface area (TPSA) is 73.2 Å². The second-order valence-corrected chi connectivity index (χ2v) is 6.51. The highest BCUT2D eigenvalue weighted by Crippen LogP contribution is 2.16. The minimum Gasteiger partial charge on any atom is -0.313 e. The number of rotatable bonds is 5. The largest absolute Gasteiger partial charge is 0.313 e. The van der Waals surface area contributed by atoms with Gasteiger partial charge in [0.25, 0.3) is 0 Å². The molecule has 1 aromatic carbocycles. The summed E-state index contributed by atoms with van der Waals surface area (Å²) in [6.45, 7) is 3.75. The summed E-state index contributed by atoms with van der Waals surface area (Å²) in [5.74, 6) is -0.0488.